The van der Waals surface area contributed by atoms with E-state index >= 15 is 0 Å². The molecule has 0 amide bonds. The summed E-state index contributed by atoms with van der Waals surface area (Å²) in [5.74, 6) is -2.92. The van der Waals surface area contributed by atoms with Crippen LogP contribution < -0.4 is 0 Å². The molecule has 8 rings (SSSR count). The van der Waals surface area contributed by atoms with Gasteiger partial charge in [-0.05, 0) is 75.2 Å². The van der Waals surface area contributed by atoms with Gasteiger partial charge >= 0.3 is 5.97 Å². The van der Waals surface area contributed by atoms with E-state index in [0.717, 1.165) is 23.9 Å². The van der Waals surface area contributed by atoms with Crippen molar-refractivity contribution in [2.24, 2.45) is 28.6 Å². The first kappa shape index (κ1) is 34.3. The summed E-state index contributed by atoms with van der Waals surface area (Å²) in [5.41, 5.74) is -0.643. The maximum absolute atomic E-state index is 13.4. The number of carbonyl (C=O) groups is 2. The van der Waals surface area contributed by atoms with Crippen LogP contribution in [0, 0.1) is 28.6 Å². The number of carbonyl (C=O) groups excluding carboxylic acids is 2. The van der Waals surface area contributed by atoms with E-state index in [-0.39, 0.29) is 43.2 Å². The standard InChI is InChI=1S/C35H48O14/c1-16-9-25(48-30-29(41)28(40)27(39)24(13-36)46-30)35(43)31(45-16)47-22-11-18-3-4-21-20(33(18,15-37)12-23(22)49-35)5-7-32(2)19(6-8-34(21,32)42)17-10-26(38)44-14-17/h3,10,15-16,19-25,27-31,36,39-43H,4-9,11-14H2,1-2H3. The second-order valence-corrected chi connectivity index (χ2v) is 16.0. The summed E-state index contributed by atoms with van der Waals surface area (Å²) in [6, 6.07) is 0. The Hall–Kier alpha value is -1.82. The second-order valence-electron chi connectivity index (χ2n) is 16.0. The summed E-state index contributed by atoms with van der Waals surface area (Å²) in [7, 11) is 0. The van der Waals surface area contributed by atoms with Crippen molar-refractivity contribution < 1.29 is 68.6 Å². The molecule has 0 aromatic heterocycles. The van der Waals surface area contributed by atoms with Crippen molar-refractivity contribution in [3.05, 3.63) is 23.3 Å². The lowest BCUT2D eigenvalue weighted by molar-refractivity contribution is -0.468. The van der Waals surface area contributed by atoms with E-state index in [4.69, 9.17) is 28.4 Å². The Morgan fingerprint density at radius 2 is 1.82 bits per heavy atom. The van der Waals surface area contributed by atoms with Gasteiger partial charge in [-0.3, -0.25) is 0 Å². The van der Waals surface area contributed by atoms with E-state index in [9.17, 15) is 40.2 Å². The highest BCUT2D eigenvalue weighted by Gasteiger charge is 2.70. The number of aldehydes is 1. The zero-order valence-electron chi connectivity index (χ0n) is 27.8. The second kappa shape index (κ2) is 11.9. The van der Waals surface area contributed by atoms with Gasteiger partial charge in [0, 0.05) is 17.9 Å². The lowest BCUT2D eigenvalue weighted by Crippen LogP contribution is -2.71. The number of cyclic esters (lactones) is 1. The molecule has 17 unspecified atom stereocenters. The molecule has 3 saturated carbocycles. The molecule has 4 aliphatic heterocycles. The molecule has 49 heavy (non-hydrogen) atoms. The Bertz CT molecular complexity index is 1420. The molecule has 0 aromatic carbocycles. The minimum absolute atomic E-state index is 0.00812. The molecule has 14 heteroatoms. The van der Waals surface area contributed by atoms with Crippen molar-refractivity contribution in [1.82, 2.24) is 0 Å². The Morgan fingerprint density at radius 3 is 2.53 bits per heavy atom. The minimum Gasteiger partial charge on any atom is -0.458 e. The van der Waals surface area contributed by atoms with Crippen molar-refractivity contribution in [2.75, 3.05) is 13.2 Å². The molecule has 272 valence electrons. The van der Waals surface area contributed by atoms with Gasteiger partial charge in [-0.2, -0.15) is 0 Å². The third-order valence-corrected chi connectivity index (χ3v) is 13.7. The summed E-state index contributed by atoms with van der Waals surface area (Å²) in [6.45, 7) is 3.49. The zero-order chi connectivity index (χ0) is 34.7. The Labute approximate surface area is 283 Å². The number of allylic oxidation sites excluding steroid dienone is 1. The van der Waals surface area contributed by atoms with Crippen molar-refractivity contribution in [2.45, 2.75) is 138 Å². The molecule has 6 fully saturated rings. The highest BCUT2D eigenvalue weighted by atomic mass is 16.8. The molecule has 4 aliphatic carbocycles. The predicted octanol–water partition coefficient (Wildman–Crippen LogP) is -0.255. The lowest BCUT2D eigenvalue weighted by Gasteiger charge is -2.62. The number of aliphatic hydroxyl groups excluding tert-OH is 4. The summed E-state index contributed by atoms with van der Waals surface area (Å²) >= 11 is 0. The normalized spacial score (nSPS) is 55.1. The highest BCUT2D eigenvalue weighted by Crippen LogP contribution is 2.69. The van der Waals surface area contributed by atoms with Crippen molar-refractivity contribution >= 4 is 12.3 Å². The molecule has 3 saturated heterocycles. The fraction of sp³-hybridized carbons (Fsp3) is 0.829. The minimum atomic E-state index is -2.19. The Morgan fingerprint density at radius 1 is 1.02 bits per heavy atom. The van der Waals surface area contributed by atoms with Crippen LogP contribution in [0.1, 0.15) is 65.2 Å². The van der Waals surface area contributed by atoms with Crippen LogP contribution in [-0.2, 0) is 38.0 Å². The van der Waals surface area contributed by atoms with E-state index in [1.54, 1.807) is 13.0 Å². The van der Waals surface area contributed by atoms with Gasteiger partial charge in [-0.1, -0.05) is 18.6 Å². The number of ether oxygens (including phenoxy) is 6. The van der Waals surface area contributed by atoms with Gasteiger partial charge in [0.1, 0.15) is 43.4 Å². The highest BCUT2D eigenvalue weighted by molar-refractivity contribution is 5.85. The maximum atomic E-state index is 13.4. The summed E-state index contributed by atoms with van der Waals surface area (Å²) < 4.78 is 35.8. The predicted molar refractivity (Wildman–Crippen MR) is 164 cm³/mol. The molecule has 8 aliphatic rings. The Balaban J connectivity index is 1.06. The van der Waals surface area contributed by atoms with Gasteiger partial charge in [0.2, 0.25) is 12.1 Å². The van der Waals surface area contributed by atoms with Crippen LogP contribution in [0.2, 0.25) is 0 Å². The van der Waals surface area contributed by atoms with Crippen LogP contribution in [0.15, 0.2) is 23.3 Å². The fourth-order valence-electron chi connectivity index (χ4n) is 11.1. The van der Waals surface area contributed by atoms with E-state index in [0.29, 0.717) is 32.1 Å². The van der Waals surface area contributed by atoms with Crippen LogP contribution in [0.5, 0.6) is 0 Å². The number of hydrogen-bond acceptors (Lipinski definition) is 14. The van der Waals surface area contributed by atoms with E-state index in [2.05, 4.69) is 13.0 Å². The molecule has 0 aromatic rings. The molecule has 17 atom stereocenters. The van der Waals surface area contributed by atoms with Gasteiger partial charge in [-0.25, -0.2) is 4.79 Å². The number of hydrogen-bond donors (Lipinski definition) is 6. The third-order valence-electron chi connectivity index (χ3n) is 13.7. The lowest BCUT2D eigenvalue weighted by atomic mass is 9.45. The van der Waals surface area contributed by atoms with E-state index < -0.39 is 90.2 Å². The van der Waals surface area contributed by atoms with Crippen LogP contribution in [0.25, 0.3) is 0 Å². The average Bonchev–Trinajstić information content (AvgIpc) is 3.62. The number of aliphatic hydroxyl groups is 6. The molecular weight excluding hydrogens is 644 g/mol. The quantitative estimate of drug-likeness (QED) is 0.125. The average molecular weight is 693 g/mol. The SMILES string of the molecule is CC1CC(OC2OC(CO)C(O)C(O)C2O)C2(O)OC3CC4(C=O)C(=CCC5C4CCC4(C)C(C6=CC(=O)OC6)CCC54O)CC3OC2O1. The van der Waals surface area contributed by atoms with Gasteiger partial charge in [0.25, 0.3) is 0 Å². The topological polar surface area (TPSA) is 211 Å². The van der Waals surface area contributed by atoms with E-state index in [1.165, 1.54) is 0 Å². The summed E-state index contributed by atoms with van der Waals surface area (Å²) in [4.78, 5) is 25.4. The summed E-state index contributed by atoms with van der Waals surface area (Å²) in [6.07, 6.45) is -3.31. The molecule has 0 spiro atoms. The molecule has 0 bridgehead atoms. The molecule has 4 heterocycles. The zero-order valence-corrected chi connectivity index (χ0v) is 27.8. The van der Waals surface area contributed by atoms with Crippen LogP contribution in [-0.4, -0.2) is 129 Å². The number of esters is 1. The van der Waals surface area contributed by atoms with Crippen LogP contribution >= 0.6 is 0 Å². The third kappa shape index (κ3) is 4.86. The monoisotopic (exact) mass is 692 g/mol. The van der Waals surface area contributed by atoms with Gasteiger partial charge in [0.15, 0.2) is 6.29 Å². The van der Waals surface area contributed by atoms with Crippen LogP contribution in [0.3, 0.4) is 0 Å². The number of rotatable bonds is 5. The first-order chi connectivity index (χ1) is 23.3. The molecule has 6 N–H and O–H groups in total. The van der Waals surface area contributed by atoms with E-state index in [1.807, 2.05) is 0 Å². The Kier molecular flexibility index (Phi) is 8.29. The largest absolute Gasteiger partial charge is 0.458 e. The maximum Gasteiger partial charge on any atom is 0.331 e. The van der Waals surface area contributed by atoms with Crippen molar-refractivity contribution in [3.8, 4) is 0 Å². The molecule has 14 nitrogen and oxygen atoms in total. The summed E-state index contributed by atoms with van der Waals surface area (Å²) in [5, 5.41) is 65.6. The van der Waals surface area contributed by atoms with Gasteiger partial charge < -0.3 is 63.9 Å². The number of fused-ring (bicyclic) bond motifs is 7. The van der Waals surface area contributed by atoms with Gasteiger partial charge in [0.05, 0.1) is 35.9 Å². The van der Waals surface area contributed by atoms with Crippen LogP contribution in [0.4, 0.5) is 0 Å². The van der Waals surface area contributed by atoms with Crippen molar-refractivity contribution in [1.29, 1.82) is 0 Å². The van der Waals surface area contributed by atoms with Gasteiger partial charge in [-0.15, -0.1) is 0 Å². The fourth-order valence-corrected chi connectivity index (χ4v) is 11.1. The molecular formula is C35H48O14. The molecule has 0 radical (unpaired) electrons. The first-order valence-corrected chi connectivity index (χ1v) is 17.7. The smallest absolute Gasteiger partial charge is 0.331 e. The van der Waals surface area contributed by atoms with Crippen molar-refractivity contribution in [3.63, 3.8) is 0 Å². The first-order valence-electron chi connectivity index (χ1n) is 17.7.